The first-order valence-corrected chi connectivity index (χ1v) is 4.91. The molecule has 0 bridgehead atoms. The molecule has 15 heavy (non-hydrogen) atoms. The Hall–Kier alpha value is -1.71. The van der Waals surface area contributed by atoms with Gasteiger partial charge in [-0.15, -0.1) is 0 Å². The second-order valence-corrected chi connectivity index (χ2v) is 3.13. The van der Waals surface area contributed by atoms with E-state index in [1.54, 1.807) is 12.1 Å². The van der Waals surface area contributed by atoms with Crippen molar-refractivity contribution < 1.29 is 14.6 Å². The normalized spacial score (nSPS) is 9.67. The first-order valence-electron chi connectivity index (χ1n) is 4.91. The van der Waals surface area contributed by atoms with Gasteiger partial charge in [0.25, 0.3) is 5.91 Å². The van der Waals surface area contributed by atoms with Crippen molar-refractivity contribution in [3.05, 3.63) is 24.3 Å². The van der Waals surface area contributed by atoms with Gasteiger partial charge < -0.3 is 15.2 Å². The molecule has 2 N–H and O–H groups in total. The average Bonchev–Trinajstić information content (AvgIpc) is 2.25. The lowest BCUT2D eigenvalue weighted by Crippen LogP contribution is -2.29. The second kappa shape index (κ2) is 5.90. The highest BCUT2D eigenvalue weighted by atomic mass is 16.5. The molecule has 0 saturated carbocycles. The van der Waals surface area contributed by atoms with Crippen molar-refractivity contribution in [2.24, 2.45) is 0 Å². The van der Waals surface area contributed by atoms with Crippen molar-refractivity contribution in [1.29, 1.82) is 0 Å². The number of phenols is 1. The number of ether oxygens (including phenoxy) is 1. The van der Waals surface area contributed by atoms with Gasteiger partial charge in [0.2, 0.25) is 0 Å². The highest BCUT2D eigenvalue weighted by Crippen LogP contribution is 2.15. The molecule has 1 aromatic rings. The first-order chi connectivity index (χ1) is 7.22. The highest BCUT2D eigenvalue weighted by Gasteiger charge is 2.00. The van der Waals surface area contributed by atoms with Gasteiger partial charge in [0.1, 0.15) is 11.5 Å². The summed E-state index contributed by atoms with van der Waals surface area (Å²) < 4.78 is 5.20. The number of aromatic hydroxyl groups is 1. The molecule has 0 spiro atoms. The molecule has 1 rings (SSSR count). The molecule has 0 fully saturated rings. The Morgan fingerprint density at radius 3 is 2.67 bits per heavy atom. The quantitative estimate of drug-likeness (QED) is 0.768. The molecule has 1 aromatic carbocycles. The molecule has 0 aliphatic heterocycles. The molecule has 0 aliphatic carbocycles. The van der Waals surface area contributed by atoms with E-state index in [0.717, 1.165) is 6.42 Å². The van der Waals surface area contributed by atoms with Crippen LogP contribution in [0.15, 0.2) is 24.3 Å². The molecular formula is C11H15NO3. The lowest BCUT2D eigenvalue weighted by Gasteiger charge is -2.06. The van der Waals surface area contributed by atoms with E-state index in [9.17, 15) is 4.79 Å². The van der Waals surface area contributed by atoms with Crippen LogP contribution in [0.25, 0.3) is 0 Å². The van der Waals surface area contributed by atoms with Crippen LogP contribution in [-0.4, -0.2) is 24.2 Å². The fourth-order valence-corrected chi connectivity index (χ4v) is 1.01. The van der Waals surface area contributed by atoms with Crippen LogP contribution in [0.4, 0.5) is 0 Å². The van der Waals surface area contributed by atoms with E-state index in [-0.39, 0.29) is 18.3 Å². The zero-order valence-electron chi connectivity index (χ0n) is 8.69. The van der Waals surface area contributed by atoms with Gasteiger partial charge in [0.05, 0.1) is 0 Å². The fourth-order valence-electron chi connectivity index (χ4n) is 1.01. The molecule has 0 radical (unpaired) electrons. The number of hydrogen-bond acceptors (Lipinski definition) is 3. The minimum absolute atomic E-state index is 0.00474. The fraction of sp³-hybridized carbons (Fsp3) is 0.364. The van der Waals surface area contributed by atoms with Crippen LogP contribution in [-0.2, 0) is 4.79 Å². The topological polar surface area (TPSA) is 58.6 Å². The van der Waals surface area contributed by atoms with Gasteiger partial charge in [-0.05, 0) is 30.7 Å². The summed E-state index contributed by atoms with van der Waals surface area (Å²) in [6.45, 7) is 2.66. The third-order valence-corrected chi connectivity index (χ3v) is 1.78. The molecule has 0 unspecified atom stereocenters. The summed E-state index contributed by atoms with van der Waals surface area (Å²) in [6.07, 6.45) is 0.908. The van der Waals surface area contributed by atoms with Crippen LogP contribution >= 0.6 is 0 Å². The summed E-state index contributed by atoms with van der Waals surface area (Å²) in [4.78, 5) is 11.2. The number of phenolic OH excluding ortho intramolecular Hbond substituents is 1. The number of carbonyl (C=O) groups excluding carboxylic acids is 1. The summed E-state index contributed by atoms with van der Waals surface area (Å²) in [5, 5.41) is 11.7. The maximum Gasteiger partial charge on any atom is 0.257 e. The summed E-state index contributed by atoms with van der Waals surface area (Å²) in [5.74, 6) is 0.613. The first kappa shape index (κ1) is 11.4. The van der Waals surface area contributed by atoms with Crippen molar-refractivity contribution in [3.63, 3.8) is 0 Å². The van der Waals surface area contributed by atoms with Crippen LogP contribution in [0.2, 0.25) is 0 Å². The lowest BCUT2D eigenvalue weighted by atomic mass is 10.3. The Balaban J connectivity index is 2.30. The smallest absolute Gasteiger partial charge is 0.257 e. The third-order valence-electron chi connectivity index (χ3n) is 1.78. The summed E-state index contributed by atoms with van der Waals surface area (Å²) in [5.41, 5.74) is 0. The van der Waals surface area contributed by atoms with Gasteiger partial charge in [-0.2, -0.15) is 0 Å². The predicted molar refractivity (Wildman–Crippen MR) is 56.9 cm³/mol. The Kier molecular flexibility index (Phi) is 4.47. The zero-order chi connectivity index (χ0) is 11.1. The molecule has 1 amide bonds. The number of rotatable bonds is 5. The Bertz CT molecular complexity index is 308. The van der Waals surface area contributed by atoms with Crippen LogP contribution in [0.3, 0.4) is 0 Å². The SMILES string of the molecule is CCCNC(=O)COc1ccc(O)cc1. The van der Waals surface area contributed by atoms with E-state index in [2.05, 4.69) is 5.32 Å². The number of benzene rings is 1. The van der Waals surface area contributed by atoms with Gasteiger partial charge in [0.15, 0.2) is 6.61 Å². The predicted octanol–water partition coefficient (Wildman–Crippen LogP) is 1.30. The highest BCUT2D eigenvalue weighted by molar-refractivity contribution is 5.77. The van der Waals surface area contributed by atoms with Crippen molar-refractivity contribution in [1.82, 2.24) is 5.32 Å². The number of hydrogen-bond donors (Lipinski definition) is 2. The molecule has 0 heterocycles. The van der Waals surface area contributed by atoms with E-state index in [0.29, 0.717) is 12.3 Å². The average molecular weight is 209 g/mol. The van der Waals surface area contributed by atoms with Gasteiger partial charge >= 0.3 is 0 Å². The Labute approximate surface area is 88.9 Å². The molecule has 82 valence electrons. The number of nitrogens with one attached hydrogen (secondary N) is 1. The summed E-state index contributed by atoms with van der Waals surface area (Å²) in [6, 6.07) is 6.25. The standard InChI is InChI=1S/C11H15NO3/c1-2-7-12-11(14)8-15-10-5-3-9(13)4-6-10/h3-6,13H,2,7-8H2,1H3,(H,12,14). The molecule has 0 aromatic heterocycles. The van der Waals surface area contributed by atoms with Gasteiger partial charge in [-0.3, -0.25) is 4.79 Å². The monoisotopic (exact) mass is 209 g/mol. The van der Waals surface area contributed by atoms with E-state index >= 15 is 0 Å². The van der Waals surface area contributed by atoms with Crippen molar-refractivity contribution in [3.8, 4) is 11.5 Å². The molecule has 4 heteroatoms. The van der Waals surface area contributed by atoms with Crippen LogP contribution in [0, 0.1) is 0 Å². The van der Waals surface area contributed by atoms with Crippen molar-refractivity contribution in [2.75, 3.05) is 13.2 Å². The van der Waals surface area contributed by atoms with E-state index < -0.39 is 0 Å². The molecule has 0 saturated heterocycles. The van der Waals surface area contributed by atoms with Crippen LogP contribution in [0.1, 0.15) is 13.3 Å². The van der Waals surface area contributed by atoms with Gasteiger partial charge in [-0.1, -0.05) is 6.92 Å². The van der Waals surface area contributed by atoms with Crippen molar-refractivity contribution >= 4 is 5.91 Å². The third kappa shape index (κ3) is 4.35. The minimum atomic E-state index is -0.134. The van der Waals surface area contributed by atoms with E-state index in [1.165, 1.54) is 12.1 Å². The van der Waals surface area contributed by atoms with Gasteiger partial charge in [0, 0.05) is 6.54 Å². The van der Waals surface area contributed by atoms with Crippen LogP contribution < -0.4 is 10.1 Å². The summed E-state index contributed by atoms with van der Waals surface area (Å²) >= 11 is 0. The Morgan fingerprint density at radius 2 is 2.07 bits per heavy atom. The Morgan fingerprint density at radius 1 is 1.40 bits per heavy atom. The minimum Gasteiger partial charge on any atom is -0.508 e. The maximum absolute atomic E-state index is 11.2. The van der Waals surface area contributed by atoms with Crippen LogP contribution in [0.5, 0.6) is 11.5 Å². The zero-order valence-corrected chi connectivity index (χ0v) is 8.69. The number of carbonyl (C=O) groups is 1. The molecular weight excluding hydrogens is 194 g/mol. The largest absolute Gasteiger partial charge is 0.508 e. The molecule has 0 atom stereocenters. The second-order valence-electron chi connectivity index (χ2n) is 3.13. The number of amides is 1. The maximum atomic E-state index is 11.2. The van der Waals surface area contributed by atoms with E-state index in [4.69, 9.17) is 9.84 Å². The summed E-state index contributed by atoms with van der Waals surface area (Å²) in [7, 11) is 0. The lowest BCUT2D eigenvalue weighted by molar-refractivity contribution is -0.123. The molecule has 4 nitrogen and oxygen atoms in total. The van der Waals surface area contributed by atoms with Crippen molar-refractivity contribution in [2.45, 2.75) is 13.3 Å². The van der Waals surface area contributed by atoms with E-state index in [1.807, 2.05) is 6.92 Å². The molecule has 0 aliphatic rings. The van der Waals surface area contributed by atoms with Gasteiger partial charge in [-0.25, -0.2) is 0 Å².